The summed E-state index contributed by atoms with van der Waals surface area (Å²) >= 11 is 0. The van der Waals surface area contributed by atoms with Crippen LogP contribution in [0.2, 0.25) is 0 Å². The van der Waals surface area contributed by atoms with Gasteiger partial charge in [0.25, 0.3) is 0 Å². The molecule has 2 aliphatic rings. The highest BCUT2D eigenvalue weighted by atomic mass is 32.2. The van der Waals surface area contributed by atoms with Crippen molar-refractivity contribution in [2.75, 3.05) is 38.2 Å². The summed E-state index contributed by atoms with van der Waals surface area (Å²) in [5.74, 6) is 0.348. The van der Waals surface area contributed by atoms with E-state index in [2.05, 4.69) is 5.32 Å². The van der Waals surface area contributed by atoms with Crippen LogP contribution >= 0.6 is 0 Å². The van der Waals surface area contributed by atoms with E-state index in [4.69, 9.17) is 0 Å². The van der Waals surface area contributed by atoms with Crippen molar-refractivity contribution < 1.29 is 18.0 Å². The van der Waals surface area contributed by atoms with Gasteiger partial charge in [0.15, 0.2) is 9.84 Å². The van der Waals surface area contributed by atoms with Gasteiger partial charge in [-0.1, -0.05) is 6.42 Å². The van der Waals surface area contributed by atoms with Crippen molar-refractivity contribution in [3.05, 3.63) is 0 Å². The minimum Gasteiger partial charge on any atom is -0.341 e. The third-order valence-corrected chi connectivity index (χ3v) is 6.16. The Morgan fingerprint density at radius 1 is 1.36 bits per heavy atom. The largest absolute Gasteiger partial charge is 0.341 e. The van der Waals surface area contributed by atoms with Crippen molar-refractivity contribution in [2.24, 2.45) is 0 Å². The SMILES string of the molecule is CN(C(=O)NCCN1CCCCCC1=O)C1CCS(=O)(=O)C1. The average molecular weight is 331 g/mol. The molecule has 0 aromatic heterocycles. The first kappa shape index (κ1) is 17.1. The monoisotopic (exact) mass is 331 g/mol. The maximum atomic E-state index is 12.0. The molecule has 22 heavy (non-hydrogen) atoms. The van der Waals surface area contributed by atoms with Crippen molar-refractivity contribution in [3.8, 4) is 0 Å². The molecule has 0 radical (unpaired) electrons. The number of carbonyl (C=O) groups excluding carboxylic acids is 2. The molecule has 0 saturated carbocycles. The lowest BCUT2D eigenvalue weighted by atomic mass is 10.2. The molecule has 0 aromatic carbocycles. The molecule has 3 amide bonds. The van der Waals surface area contributed by atoms with Crippen LogP contribution in [0.15, 0.2) is 0 Å². The predicted octanol–water partition coefficient (Wildman–Crippen LogP) is 0.218. The van der Waals surface area contributed by atoms with Crippen molar-refractivity contribution in [1.29, 1.82) is 0 Å². The second kappa shape index (κ2) is 7.30. The molecule has 1 N–H and O–H groups in total. The summed E-state index contributed by atoms with van der Waals surface area (Å²) in [6.45, 7) is 1.67. The van der Waals surface area contributed by atoms with Gasteiger partial charge in [-0.3, -0.25) is 4.79 Å². The molecule has 2 saturated heterocycles. The highest BCUT2D eigenvalue weighted by Crippen LogP contribution is 2.16. The first-order valence-electron chi connectivity index (χ1n) is 7.88. The number of likely N-dealkylation sites (tertiary alicyclic amines) is 1. The maximum absolute atomic E-state index is 12.0. The Kier molecular flexibility index (Phi) is 5.66. The standard InChI is InChI=1S/C14H25N3O4S/c1-16(12-6-10-22(20,21)11-12)14(19)15-7-9-17-8-4-2-3-5-13(17)18/h12H,2-11H2,1H3,(H,15,19). The summed E-state index contributed by atoms with van der Waals surface area (Å²) in [5.41, 5.74) is 0. The summed E-state index contributed by atoms with van der Waals surface area (Å²) in [6, 6.07) is -0.519. The van der Waals surface area contributed by atoms with Crippen LogP contribution in [0, 0.1) is 0 Å². The summed E-state index contributed by atoms with van der Waals surface area (Å²) in [6.07, 6.45) is 4.12. The lowest BCUT2D eigenvalue weighted by Gasteiger charge is -2.25. The predicted molar refractivity (Wildman–Crippen MR) is 83.3 cm³/mol. The van der Waals surface area contributed by atoms with Gasteiger partial charge in [0.2, 0.25) is 5.91 Å². The minimum absolute atomic E-state index is 0.0432. The Balaban J connectivity index is 1.74. The highest BCUT2D eigenvalue weighted by molar-refractivity contribution is 7.91. The summed E-state index contributed by atoms with van der Waals surface area (Å²) in [4.78, 5) is 27.2. The Labute approximate surface area is 131 Å². The quantitative estimate of drug-likeness (QED) is 0.798. The van der Waals surface area contributed by atoms with E-state index < -0.39 is 9.84 Å². The second-order valence-corrected chi connectivity index (χ2v) is 8.32. The molecule has 1 unspecified atom stereocenters. The number of amides is 3. The molecule has 126 valence electrons. The molecule has 2 aliphatic heterocycles. The van der Waals surface area contributed by atoms with E-state index in [-0.39, 0.29) is 29.5 Å². The molecule has 2 fully saturated rings. The number of urea groups is 1. The van der Waals surface area contributed by atoms with Crippen LogP contribution in [-0.2, 0) is 14.6 Å². The summed E-state index contributed by atoms with van der Waals surface area (Å²) in [5, 5.41) is 2.77. The van der Waals surface area contributed by atoms with Gasteiger partial charge in [0.1, 0.15) is 0 Å². The smallest absolute Gasteiger partial charge is 0.317 e. The van der Waals surface area contributed by atoms with Crippen LogP contribution in [0.3, 0.4) is 0 Å². The maximum Gasteiger partial charge on any atom is 0.317 e. The number of sulfone groups is 1. The number of hydrogen-bond donors (Lipinski definition) is 1. The van der Waals surface area contributed by atoms with Gasteiger partial charge in [-0.2, -0.15) is 0 Å². The molecule has 8 heteroatoms. The van der Waals surface area contributed by atoms with E-state index >= 15 is 0 Å². The number of carbonyl (C=O) groups is 2. The second-order valence-electron chi connectivity index (χ2n) is 6.09. The van der Waals surface area contributed by atoms with Gasteiger partial charge in [0.05, 0.1) is 11.5 Å². The van der Waals surface area contributed by atoms with Crippen LogP contribution in [-0.4, -0.2) is 74.4 Å². The Morgan fingerprint density at radius 3 is 2.82 bits per heavy atom. The molecular formula is C14H25N3O4S. The first-order chi connectivity index (χ1) is 10.4. The van der Waals surface area contributed by atoms with Gasteiger partial charge < -0.3 is 15.1 Å². The zero-order valence-corrected chi connectivity index (χ0v) is 13.9. The topological polar surface area (TPSA) is 86.8 Å². The van der Waals surface area contributed by atoms with Crippen LogP contribution < -0.4 is 5.32 Å². The molecular weight excluding hydrogens is 306 g/mol. The van der Waals surface area contributed by atoms with Gasteiger partial charge in [0, 0.05) is 39.1 Å². The lowest BCUT2D eigenvalue weighted by molar-refractivity contribution is -0.130. The normalized spacial score (nSPS) is 24.9. The molecule has 2 heterocycles. The van der Waals surface area contributed by atoms with E-state index in [0.717, 1.165) is 25.8 Å². The lowest BCUT2D eigenvalue weighted by Crippen LogP contribution is -2.46. The third kappa shape index (κ3) is 4.59. The molecule has 0 bridgehead atoms. The van der Waals surface area contributed by atoms with E-state index in [9.17, 15) is 18.0 Å². The molecule has 0 aliphatic carbocycles. The molecule has 0 aromatic rings. The average Bonchev–Trinajstić information content (AvgIpc) is 2.70. The van der Waals surface area contributed by atoms with Crippen LogP contribution in [0.25, 0.3) is 0 Å². The Morgan fingerprint density at radius 2 is 2.14 bits per heavy atom. The molecule has 0 spiro atoms. The van der Waals surface area contributed by atoms with Crippen molar-refractivity contribution in [3.63, 3.8) is 0 Å². The molecule has 1 atom stereocenters. The van der Waals surface area contributed by atoms with Crippen LogP contribution in [0.4, 0.5) is 4.79 Å². The Bertz CT molecular complexity index is 520. The summed E-state index contributed by atoms with van der Waals surface area (Å²) in [7, 11) is -1.37. The highest BCUT2D eigenvalue weighted by Gasteiger charge is 2.32. The molecule has 7 nitrogen and oxygen atoms in total. The minimum atomic E-state index is -3.00. The van der Waals surface area contributed by atoms with E-state index in [0.29, 0.717) is 25.9 Å². The van der Waals surface area contributed by atoms with Gasteiger partial charge in [-0.25, -0.2) is 13.2 Å². The number of nitrogens with one attached hydrogen (secondary N) is 1. The van der Waals surface area contributed by atoms with Crippen LogP contribution in [0.5, 0.6) is 0 Å². The number of hydrogen-bond acceptors (Lipinski definition) is 4. The van der Waals surface area contributed by atoms with E-state index in [1.807, 2.05) is 0 Å². The fraction of sp³-hybridized carbons (Fsp3) is 0.857. The van der Waals surface area contributed by atoms with Crippen molar-refractivity contribution in [1.82, 2.24) is 15.1 Å². The van der Waals surface area contributed by atoms with Gasteiger partial charge >= 0.3 is 6.03 Å². The van der Waals surface area contributed by atoms with E-state index in [1.165, 1.54) is 4.90 Å². The number of rotatable bonds is 4. The molecule has 2 rings (SSSR count). The van der Waals surface area contributed by atoms with Crippen molar-refractivity contribution >= 4 is 21.8 Å². The summed E-state index contributed by atoms with van der Waals surface area (Å²) < 4.78 is 22.9. The van der Waals surface area contributed by atoms with Crippen molar-refractivity contribution in [2.45, 2.75) is 38.1 Å². The zero-order chi connectivity index (χ0) is 16.2. The zero-order valence-electron chi connectivity index (χ0n) is 13.1. The third-order valence-electron chi connectivity index (χ3n) is 4.41. The van der Waals surface area contributed by atoms with Gasteiger partial charge in [-0.05, 0) is 19.3 Å². The first-order valence-corrected chi connectivity index (χ1v) is 9.70. The van der Waals surface area contributed by atoms with E-state index in [1.54, 1.807) is 11.9 Å². The fourth-order valence-corrected chi connectivity index (χ4v) is 4.72. The van der Waals surface area contributed by atoms with Crippen LogP contribution in [0.1, 0.15) is 32.1 Å². The fourth-order valence-electron chi connectivity index (χ4n) is 2.94. The number of nitrogens with zero attached hydrogens (tertiary/aromatic N) is 2. The van der Waals surface area contributed by atoms with Gasteiger partial charge in [-0.15, -0.1) is 0 Å². The Hall–Kier alpha value is -1.31.